The van der Waals surface area contributed by atoms with Crippen LogP contribution in [0.15, 0.2) is 24.3 Å². The third kappa shape index (κ3) is 4.18. The Morgan fingerprint density at radius 3 is 2.40 bits per heavy atom. The molecule has 1 rings (SSSR count). The minimum absolute atomic E-state index is 0. The molecule has 84 valence electrons. The van der Waals surface area contributed by atoms with Gasteiger partial charge in [-0.1, -0.05) is 12.1 Å². The molecule has 0 aliphatic heterocycles. The van der Waals surface area contributed by atoms with Gasteiger partial charge in [0.05, 0.1) is 6.42 Å². The molecule has 0 atom stereocenters. The number of likely N-dealkylation sites (N-methyl/N-ethyl adjacent to an activating group) is 1. The molecule has 5 heteroatoms. The van der Waals surface area contributed by atoms with Crippen molar-refractivity contribution in [1.82, 2.24) is 10.4 Å². The van der Waals surface area contributed by atoms with Crippen LogP contribution in [-0.4, -0.2) is 25.0 Å². The largest absolute Gasteiger partial charge is 0.399 e. The highest BCUT2D eigenvalue weighted by atomic mass is 35.5. The average Bonchev–Trinajstić information content (AvgIpc) is 2.20. The molecule has 3 N–H and O–H groups in total. The molecule has 0 saturated heterocycles. The number of rotatable bonds is 3. The molecule has 0 aliphatic carbocycles. The fourth-order valence-electron chi connectivity index (χ4n) is 1.05. The Morgan fingerprint density at radius 1 is 1.40 bits per heavy atom. The van der Waals surface area contributed by atoms with Crippen LogP contribution in [0.25, 0.3) is 0 Å². The number of hydrogen-bond donors (Lipinski definition) is 2. The number of nitrogens with zero attached hydrogens (tertiary/aromatic N) is 1. The number of amides is 1. The summed E-state index contributed by atoms with van der Waals surface area (Å²) in [5, 5.41) is 1.45. The Kier molecular flexibility index (Phi) is 5.74. The fourth-order valence-corrected chi connectivity index (χ4v) is 1.05. The van der Waals surface area contributed by atoms with Gasteiger partial charge in [0.1, 0.15) is 0 Å². The first-order valence-corrected chi connectivity index (χ1v) is 4.42. The highest BCUT2D eigenvalue weighted by Gasteiger charge is 2.06. The summed E-state index contributed by atoms with van der Waals surface area (Å²) < 4.78 is 0. The molecule has 0 saturated carbocycles. The first kappa shape index (κ1) is 13.7. The lowest BCUT2D eigenvalue weighted by atomic mass is 10.1. The number of anilines is 1. The van der Waals surface area contributed by atoms with E-state index in [2.05, 4.69) is 5.43 Å². The second-order valence-corrected chi connectivity index (χ2v) is 3.09. The van der Waals surface area contributed by atoms with Crippen LogP contribution in [-0.2, 0) is 11.2 Å². The molecule has 0 aliphatic rings. The number of nitrogens with two attached hydrogens (primary N) is 1. The maximum Gasteiger partial charge on any atom is 0.240 e. The van der Waals surface area contributed by atoms with Crippen molar-refractivity contribution in [3.8, 4) is 0 Å². The molecule has 0 spiro atoms. The molecule has 0 bridgehead atoms. The van der Waals surface area contributed by atoms with Crippen molar-refractivity contribution < 1.29 is 4.79 Å². The number of hydrazine groups is 1. The van der Waals surface area contributed by atoms with E-state index >= 15 is 0 Å². The van der Waals surface area contributed by atoms with Gasteiger partial charge in [0, 0.05) is 19.8 Å². The quantitative estimate of drug-likeness (QED) is 0.596. The Balaban J connectivity index is 0.00000196. The normalized spacial score (nSPS) is 9.20. The molecule has 1 aromatic carbocycles. The van der Waals surface area contributed by atoms with E-state index in [4.69, 9.17) is 5.73 Å². The predicted molar refractivity (Wildman–Crippen MR) is 63.6 cm³/mol. The van der Waals surface area contributed by atoms with Crippen LogP contribution in [0.4, 0.5) is 5.69 Å². The maximum atomic E-state index is 11.5. The van der Waals surface area contributed by atoms with Crippen molar-refractivity contribution >= 4 is 24.0 Å². The van der Waals surface area contributed by atoms with Crippen LogP contribution in [0.1, 0.15) is 5.56 Å². The third-order valence-electron chi connectivity index (χ3n) is 2.04. The van der Waals surface area contributed by atoms with E-state index in [1.807, 2.05) is 12.1 Å². The van der Waals surface area contributed by atoms with E-state index in [-0.39, 0.29) is 18.3 Å². The van der Waals surface area contributed by atoms with Crippen LogP contribution in [0.5, 0.6) is 0 Å². The molecule has 1 aromatic rings. The molecule has 15 heavy (non-hydrogen) atoms. The van der Waals surface area contributed by atoms with Crippen molar-refractivity contribution in [2.45, 2.75) is 6.42 Å². The Hall–Kier alpha value is -1.26. The van der Waals surface area contributed by atoms with Crippen LogP contribution in [0.3, 0.4) is 0 Å². The average molecular weight is 230 g/mol. The molecule has 1 amide bonds. The Morgan fingerprint density at radius 2 is 1.93 bits per heavy atom. The minimum Gasteiger partial charge on any atom is -0.399 e. The van der Waals surface area contributed by atoms with Gasteiger partial charge in [-0.3, -0.25) is 9.80 Å². The summed E-state index contributed by atoms with van der Waals surface area (Å²) in [6.45, 7) is 0. The zero-order valence-corrected chi connectivity index (χ0v) is 9.67. The van der Waals surface area contributed by atoms with E-state index < -0.39 is 0 Å². The van der Waals surface area contributed by atoms with Gasteiger partial charge >= 0.3 is 0 Å². The number of benzene rings is 1. The fraction of sp³-hybridized carbons (Fsp3) is 0.300. The van der Waals surface area contributed by atoms with E-state index in [0.29, 0.717) is 12.1 Å². The Bertz CT molecular complexity index is 313. The highest BCUT2D eigenvalue weighted by Crippen LogP contribution is 2.06. The van der Waals surface area contributed by atoms with Gasteiger partial charge in [-0.15, -0.1) is 12.4 Å². The molecule has 0 unspecified atom stereocenters. The first-order valence-electron chi connectivity index (χ1n) is 4.42. The van der Waals surface area contributed by atoms with E-state index in [1.54, 1.807) is 26.2 Å². The molecule has 0 fully saturated rings. The van der Waals surface area contributed by atoms with Gasteiger partial charge in [-0.2, -0.15) is 0 Å². The lowest BCUT2D eigenvalue weighted by Crippen LogP contribution is -2.37. The standard InChI is InChI=1S/C10H15N3O.ClH/c1-12-13(2)10(14)7-8-3-5-9(11)6-4-8;/h3-6,12H,7,11H2,1-2H3;1H. The Labute approximate surface area is 95.8 Å². The van der Waals surface area contributed by atoms with Gasteiger partial charge < -0.3 is 5.73 Å². The number of carbonyl (C=O) groups is 1. The van der Waals surface area contributed by atoms with Crippen molar-refractivity contribution in [2.75, 3.05) is 19.8 Å². The van der Waals surface area contributed by atoms with Gasteiger partial charge in [-0.25, -0.2) is 5.43 Å². The molecular weight excluding hydrogens is 214 g/mol. The summed E-state index contributed by atoms with van der Waals surface area (Å²) in [5.41, 5.74) is 9.97. The first-order chi connectivity index (χ1) is 6.63. The lowest BCUT2D eigenvalue weighted by Gasteiger charge is -2.14. The van der Waals surface area contributed by atoms with Gasteiger partial charge in [0.2, 0.25) is 5.91 Å². The third-order valence-corrected chi connectivity index (χ3v) is 2.04. The summed E-state index contributed by atoms with van der Waals surface area (Å²) in [4.78, 5) is 11.5. The molecule has 0 aromatic heterocycles. The van der Waals surface area contributed by atoms with Gasteiger partial charge in [0.15, 0.2) is 0 Å². The highest BCUT2D eigenvalue weighted by molar-refractivity contribution is 5.85. The van der Waals surface area contributed by atoms with E-state index in [9.17, 15) is 4.79 Å². The summed E-state index contributed by atoms with van der Waals surface area (Å²) in [6, 6.07) is 7.30. The summed E-state index contributed by atoms with van der Waals surface area (Å²) >= 11 is 0. The van der Waals surface area contributed by atoms with Crippen molar-refractivity contribution in [3.63, 3.8) is 0 Å². The number of nitrogens with one attached hydrogen (secondary N) is 1. The topological polar surface area (TPSA) is 58.4 Å². The summed E-state index contributed by atoms with van der Waals surface area (Å²) in [7, 11) is 3.40. The zero-order valence-electron chi connectivity index (χ0n) is 8.86. The van der Waals surface area contributed by atoms with E-state index in [1.165, 1.54) is 5.01 Å². The van der Waals surface area contributed by atoms with Gasteiger partial charge in [0.25, 0.3) is 0 Å². The van der Waals surface area contributed by atoms with Crippen LogP contribution in [0.2, 0.25) is 0 Å². The van der Waals surface area contributed by atoms with Crippen molar-refractivity contribution in [3.05, 3.63) is 29.8 Å². The molecule has 4 nitrogen and oxygen atoms in total. The van der Waals surface area contributed by atoms with E-state index in [0.717, 1.165) is 5.56 Å². The number of carbonyl (C=O) groups excluding carboxylic acids is 1. The summed E-state index contributed by atoms with van der Waals surface area (Å²) in [5.74, 6) is 0.0253. The number of halogens is 1. The number of nitrogen functional groups attached to an aromatic ring is 1. The second-order valence-electron chi connectivity index (χ2n) is 3.09. The maximum absolute atomic E-state index is 11.5. The van der Waals surface area contributed by atoms with Crippen molar-refractivity contribution in [2.24, 2.45) is 0 Å². The van der Waals surface area contributed by atoms with Crippen LogP contribution >= 0.6 is 12.4 Å². The van der Waals surface area contributed by atoms with Crippen LogP contribution < -0.4 is 11.2 Å². The summed E-state index contributed by atoms with van der Waals surface area (Å²) in [6.07, 6.45) is 0.387. The molecular formula is C10H16ClN3O. The zero-order chi connectivity index (χ0) is 10.6. The van der Waals surface area contributed by atoms with Crippen molar-refractivity contribution in [1.29, 1.82) is 0 Å². The SMILES string of the molecule is CNN(C)C(=O)Cc1ccc(N)cc1.Cl. The second kappa shape index (κ2) is 6.27. The minimum atomic E-state index is 0. The van der Waals surface area contributed by atoms with Gasteiger partial charge in [-0.05, 0) is 17.7 Å². The smallest absolute Gasteiger partial charge is 0.240 e. The molecule has 0 heterocycles. The monoisotopic (exact) mass is 229 g/mol. The lowest BCUT2D eigenvalue weighted by molar-refractivity contribution is -0.131. The molecule has 0 radical (unpaired) electrons. The van der Waals surface area contributed by atoms with Crippen LogP contribution in [0, 0.1) is 0 Å². The predicted octanol–water partition coefficient (Wildman–Crippen LogP) is 0.826. The number of hydrogen-bond acceptors (Lipinski definition) is 3.